The number of nitrogens with zero attached hydrogens (tertiary/aromatic N) is 3. The molecule has 2 heterocycles. The van der Waals surface area contributed by atoms with Crippen molar-refractivity contribution in [2.45, 2.75) is 43.0 Å². The number of methoxy groups -OCH3 is 1. The molecular formula is C34H34ClN5O6S. The summed E-state index contributed by atoms with van der Waals surface area (Å²) in [5.41, 5.74) is 7.37. The number of benzene rings is 3. The standard InChI is InChI=1S/C34H34ClN5O6S/c1-45-32-11-9-25(16-28(32)35)46-31-12-10-26(14-23(31)18-37)47(43,44)40-30(15-24-19-38-29-8-3-2-7-27(24)29)33(41)39(34(40)42)20-22-6-4-5-21(13-22)17-36/h2-3,7-12,14,16,19,21-22,30,38H,4-6,13,15,17,20,36H2,1H3. The first kappa shape index (κ1) is 32.4. The van der Waals surface area contributed by atoms with Gasteiger partial charge in [0.15, 0.2) is 0 Å². The van der Waals surface area contributed by atoms with Crippen LogP contribution in [0.3, 0.4) is 0 Å². The van der Waals surface area contributed by atoms with Gasteiger partial charge in [-0.3, -0.25) is 9.69 Å². The second kappa shape index (κ2) is 13.3. The highest BCUT2D eigenvalue weighted by molar-refractivity contribution is 7.89. The Bertz CT molecular complexity index is 1990. The van der Waals surface area contributed by atoms with Crippen molar-refractivity contribution in [2.24, 2.45) is 17.6 Å². The molecule has 3 amide bonds. The van der Waals surface area contributed by atoms with E-state index in [4.69, 9.17) is 26.8 Å². The molecule has 1 aliphatic heterocycles. The summed E-state index contributed by atoms with van der Waals surface area (Å²) >= 11 is 6.21. The summed E-state index contributed by atoms with van der Waals surface area (Å²) < 4.78 is 40.3. The van der Waals surface area contributed by atoms with Crippen LogP contribution in [-0.2, 0) is 21.2 Å². The maximum atomic E-state index is 14.3. The number of halogens is 1. The number of para-hydroxylation sites is 1. The molecule has 2 fully saturated rings. The van der Waals surface area contributed by atoms with Crippen molar-refractivity contribution in [1.82, 2.24) is 14.2 Å². The van der Waals surface area contributed by atoms with Crippen LogP contribution in [0, 0.1) is 23.2 Å². The summed E-state index contributed by atoms with van der Waals surface area (Å²) in [4.78, 5) is 32.0. The highest BCUT2D eigenvalue weighted by Gasteiger charge is 2.52. The number of nitrogens with two attached hydrogens (primary N) is 1. The molecule has 3 aromatic carbocycles. The predicted molar refractivity (Wildman–Crippen MR) is 176 cm³/mol. The Hall–Kier alpha value is -4.57. The number of hydrogen-bond donors (Lipinski definition) is 2. The van der Waals surface area contributed by atoms with Gasteiger partial charge in [0.2, 0.25) is 0 Å². The van der Waals surface area contributed by atoms with Crippen molar-refractivity contribution in [2.75, 3.05) is 20.2 Å². The molecule has 244 valence electrons. The first-order valence-corrected chi connectivity index (χ1v) is 17.2. The van der Waals surface area contributed by atoms with Crippen LogP contribution in [-0.4, -0.2) is 60.8 Å². The molecule has 3 N–H and O–H groups in total. The van der Waals surface area contributed by atoms with E-state index in [0.717, 1.165) is 47.6 Å². The molecule has 0 bridgehead atoms. The molecule has 3 unspecified atom stereocenters. The number of urea groups is 1. The number of carbonyl (C=O) groups is 2. The number of hydrogen-bond acceptors (Lipinski definition) is 8. The molecule has 6 rings (SSSR count). The summed E-state index contributed by atoms with van der Waals surface area (Å²) in [6.07, 6.45) is 5.21. The molecule has 4 aromatic rings. The van der Waals surface area contributed by atoms with Crippen LogP contribution in [0.1, 0.15) is 36.8 Å². The zero-order chi connectivity index (χ0) is 33.3. The third-order valence-electron chi connectivity index (χ3n) is 8.99. The molecule has 0 radical (unpaired) electrons. The van der Waals surface area contributed by atoms with Gasteiger partial charge in [-0.05, 0) is 79.6 Å². The number of nitrogens with one attached hydrogen (secondary N) is 1. The third-order valence-corrected chi connectivity index (χ3v) is 11.1. The summed E-state index contributed by atoms with van der Waals surface area (Å²) in [5, 5.41) is 11.1. The van der Waals surface area contributed by atoms with Crippen LogP contribution in [0.5, 0.6) is 17.2 Å². The lowest BCUT2D eigenvalue weighted by Gasteiger charge is -2.30. The molecule has 1 aromatic heterocycles. The number of nitriles is 1. The van der Waals surface area contributed by atoms with E-state index in [1.54, 1.807) is 18.3 Å². The summed E-state index contributed by atoms with van der Waals surface area (Å²) in [5.74, 6) is 0.565. The van der Waals surface area contributed by atoms with Gasteiger partial charge < -0.3 is 20.2 Å². The minimum Gasteiger partial charge on any atom is -0.495 e. The molecule has 1 aliphatic carbocycles. The smallest absolute Gasteiger partial charge is 0.341 e. The van der Waals surface area contributed by atoms with Gasteiger partial charge in [-0.25, -0.2) is 17.5 Å². The fourth-order valence-electron chi connectivity index (χ4n) is 6.58. The third kappa shape index (κ3) is 6.26. The zero-order valence-electron chi connectivity index (χ0n) is 25.7. The van der Waals surface area contributed by atoms with Crippen molar-refractivity contribution in [3.63, 3.8) is 0 Å². The van der Waals surface area contributed by atoms with Crippen LogP contribution in [0.4, 0.5) is 4.79 Å². The Morgan fingerprint density at radius 1 is 1.06 bits per heavy atom. The Kier molecular flexibility index (Phi) is 9.14. The van der Waals surface area contributed by atoms with E-state index in [2.05, 4.69) is 4.98 Å². The molecule has 11 nitrogen and oxygen atoms in total. The molecule has 3 atom stereocenters. The quantitative estimate of drug-likeness (QED) is 0.199. The predicted octanol–water partition coefficient (Wildman–Crippen LogP) is 5.82. The first-order valence-electron chi connectivity index (χ1n) is 15.3. The Balaban J connectivity index is 1.34. The fraction of sp³-hybridized carbons (Fsp3) is 0.324. The van der Waals surface area contributed by atoms with E-state index in [1.165, 1.54) is 25.3 Å². The highest BCUT2D eigenvalue weighted by Crippen LogP contribution is 2.37. The van der Waals surface area contributed by atoms with Crippen LogP contribution >= 0.6 is 11.6 Å². The van der Waals surface area contributed by atoms with E-state index >= 15 is 0 Å². The van der Waals surface area contributed by atoms with Gasteiger partial charge in [0.1, 0.15) is 29.4 Å². The lowest BCUT2D eigenvalue weighted by Crippen LogP contribution is -2.42. The van der Waals surface area contributed by atoms with Gasteiger partial charge in [-0.1, -0.05) is 36.2 Å². The monoisotopic (exact) mass is 675 g/mol. The van der Waals surface area contributed by atoms with Crippen molar-refractivity contribution in [3.8, 4) is 23.3 Å². The van der Waals surface area contributed by atoms with E-state index in [9.17, 15) is 23.3 Å². The highest BCUT2D eigenvalue weighted by atomic mass is 35.5. The molecule has 0 spiro atoms. The maximum Gasteiger partial charge on any atom is 0.341 e. The van der Waals surface area contributed by atoms with Crippen molar-refractivity contribution in [3.05, 3.63) is 83.0 Å². The molecule has 13 heteroatoms. The Labute approximate surface area is 277 Å². The normalized spacial score (nSPS) is 20.1. The lowest BCUT2D eigenvalue weighted by atomic mass is 9.81. The number of rotatable bonds is 10. The van der Waals surface area contributed by atoms with Crippen molar-refractivity contribution in [1.29, 1.82) is 5.26 Å². The number of H-pyrrole nitrogens is 1. The maximum absolute atomic E-state index is 14.3. The topological polar surface area (TPSA) is 159 Å². The molecular weight excluding hydrogens is 642 g/mol. The van der Waals surface area contributed by atoms with Crippen LogP contribution in [0.15, 0.2) is 71.8 Å². The van der Waals surface area contributed by atoms with E-state index in [1.807, 2.05) is 30.3 Å². The molecule has 2 aliphatic rings. The van der Waals surface area contributed by atoms with E-state index in [0.29, 0.717) is 33.8 Å². The van der Waals surface area contributed by atoms with Crippen LogP contribution in [0.25, 0.3) is 10.9 Å². The second-order valence-corrected chi connectivity index (χ2v) is 14.1. The first-order chi connectivity index (χ1) is 22.6. The summed E-state index contributed by atoms with van der Waals surface area (Å²) in [6, 6.07) is 15.7. The number of sulfonamides is 1. The minimum absolute atomic E-state index is 0.0228. The van der Waals surface area contributed by atoms with Gasteiger partial charge >= 0.3 is 6.03 Å². The van der Waals surface area contributed by atoms with E-state index < -0.39 is 28.0 Å². The number of amides is 3. The fourth-order valence-corrected chi connectivity index (χ4v) is 8.37. The molecule has 1 saturated carbocycles. The van der Waals surface area contributed by atoms with Crippen LogP contribution < -0.4 is 15.2 Å². The van der Waals surface area contributed by atoms with Gasteiger partial charge in [0, 0.05) is 36.1 Å². The van der Waals surface area contributed by atoms with Crippen molar-refractivity contribution < 1.29 is 27.5 Å². The number of carbonyl (C=O) groups excluding carboxylic acids is 2. The lowest BCUT2D eigenvalue weighted by molar-refractivity contribution is -0.128. The number of fused-ring (bicyclic) bond motifs is 1. The number of aromatic nitrogens is 1. The van der Waals surface area contributed by atoms with Gasteiger partial charge in [0.25, 0.3) is 15.9 Å². The van der Waals surface area contributed by atoms with Crippen molar-refractivity contribution >= 4 is 44.5 Å². The summed E-state index contributed by atoms with van der Waals surface area (Å²) in [7, 11) is -3.13. The van der Waals surface area contributed by atoms with Gasteiger partial charge in [-0.15, -0.1) is 0 Å². The van der Waals surface area contributed by atoms with Crippen LogP contribution in [0.2, 0.25) is 5.02 Å². The van der Waals surface area contributed by atoms with E-state index in [-0.39, 0.29) is 40.1 Å². The zero-order valence-corrected chi connectivity index (χ0v) is 27.3. The number of imide groups is 1. The minimum atomic E-state index is -4.61. The average Bonchev–Trinajstić information content (AvgIpc) is 3.59. The number of ether oxygens (including phenoxy) is 2. The summed E-state index contributed by atoms with van der Waals surface area (Å²) in [6.45, 7) is 0.639. The average molecular weight is 676 g/mol. The SMILES string of the molecule is COc1ccc(Oc2ccc(S(=O)(=O)N3C(=O)N(CC4CCCC(CN)C4)C(=O)C3Cc3c[nH]c4ccccc34)cc2C#N)cc1Cl. The molecule has 47 heavy (non-hydrogen) atoms. The largest absolute Gasteiger partial charge is 0.495 e. The Morgan fingerprint density at radius 3 is 2.57 bits per heavy atom. The van der Waals surface area contributed by atoms with Gasteiger partial charge in [0.05, 0.1) is 22.6 Å². The molecule has 1 saturated heterocycles. The Morgan fingerprint density at radius 2 is 1.83 bits per heavy atom. The number of aromatic amines is 1. The second-order valence-electron chi connectivity index (χ2n) is 11.9. The van der Waals surface area contributed by atoms with Gasteiger partial charge in [-0.2, -0.15) is 5.26 Å².